The Balaban J connectivity index is 1.64. The van der Waals surface area contributed by atoms with E-state index in [9.17, 15) is 9.50 Å². The van der Waals surface area contributed by atoms with Crippen LogP contribution in [-0.4, -0.2) is 47.0 Å². The van der Waals surface area contributed by atoms with E-state index in [1.54, 1.807) is 0 Å². The molecule has 1 fully saturated rings. The molecule has 5 heteroatoms. The van der Waals surface area contributed by atoms with Crippen LogP contribution in [0.25, 0.3) is 0 Å². The highest BCUT2D eigenvalue weighted by molar-refractivity contribution is 5.18. The lowest BCUT2D eigenvalue weighted by Crippen LogP contribution is -2.38. The SMILES string of the molecule is C#CCOCC(O)CN(Cc1cccn1Cc1ccc(F)cc1)CC1CCCCC1. The largest absolute Gasteiger partial charge is 0.389 e. The van der Waals surface area contributed by atoms with Crippen molar-refractivity contribution in [2.45, 2.75) is 51.3 Å². The highest BCUT2D eigenvalue weighted by atomic mass is 19.1. The summed E-state index contributed by atoms with van der Waals surface area (Å²) in [5.41, 5.74) is 2.25. The molecule has 0 spiro atoms. The Labute approximate surface area is 179 Å². The van der Waals surface area contributed by atoms with Crippen LogP contribution < -0.4 is 0 Å². The van der Waals surface area contributed by atoms with Gasteiger partial charge in [0, 0.05) is 38.1 Å². The second-order valence-electron chi connectivity index (χ2n) is 8.33. The Hall–Kier alpha value is -2.13. The molecule has 1 N–H and O–H groups in total. The molecular weight excluding hydrogens is 379 g/mol. The zero-order chi connectivity index (χ0) is 21.2. The van der Waals surface area contributed by atoms with Crippen molar-refractivity contribution in [3.8, 4) is 12.3 Å². The van der Waals surface area contributed by atoms with Crippen molar-refractivity contribution < 1.29 is 14.2 Å². The maximum absolute atomic E-state index is 13.2. The second kappa shape index (κ2) is 11.9. The number of terminal acetylenes is 1. The molecule has 0 amide bonds. The molecule has 0 aliphatic heterocycles. The second-order valence-corrected chi connectivity index (χ2v) is 8.33. The summed E-state index contributed by atoms with van der Waals surface area (Å²) in [6, 6.07) is 10.8. The third-order valence-electron chi connectivity index (χ3n) is 5.78. The predicted molar refractivity (Wildman–Crippen MR) is 117 cm³/mol. The molecule has 1 aromatic carbocycles. The smallest absolute Gasteiger partial charge is 0.123 e. The Morgan fingerprint density at radius 3 is 2.70 bits per heavy atom. The zero-order valence-corrected chi connectivity index (χ0v) is 17.7. The number of aliphatic hydroxyl groups excluding tert-OH is 1. The Bertz CT molecular complexity index is 790. The van der Waals surface area contributed by atoms with Gasteiger partial charge in [0.15, 0.2) is 0 Å². The van der Waals surface area contributed by atoms with Crippen LogP contribution in [0.3, 0.4) is 0 Å². The maximum Gasteiger partial charge on any atom is 0.123 e. The van der Waals surface area contributed by atoms with Crippen LogP contribution in [0.1, 0.15) is 43.4 Å². The molecule has 1 aliphatic carbocycles. The van der Waals surface area contributed by atoms with Crippen LogP contribution in [0.4, 0.5) is 4.39 Å². The summed E-state index contributed by atoms with van der Waals surface area (Å²) in [6.07, 6.45) is 13.2. The number of hydrogen-bond donors (Lipinski definition) is 1. The van der Waals surface area contributed by atoms with E-state index >= 15 is 0 Å². The van der Waals surface area contributed by atoms with Crippen molar-refractivity contribution >= 4 is 0 Å². The molecule has 4 nitrogen and oxygen atoms in total. The molecule has 0 bridgehead atoms. The average molecular weight is 413 g/mol. The topological polar surface area (TPSA) is 37.6 Å². The van der Waals surface area contributed by atoms with Gasteiger partial charge in [0.1, 0.15) is 12.4 Å². The van der Waals surface area contributed by atoms with Gasteiger partial charge in [0.2, 0.25) is 0 Å². The summed E-state index contributed by atoms with van der Waals surface area (Å²) in [7, 11) is 0. The number of benzene rings is 1. The standard InChI is InChI=1S/C25H33FN2O2/c1-2-15-30-20-25(29)19-27(16-21-7-4-3-5-8-21)18-24-9-6-14-28(24)17-22-10-12-23(26)13-11-22/h1,6,9-14,21,25,29H,3-5,7-8,15-20H2. The van der Waals surface area contributed by atoms with Crippen molar-refractivity contribution in [2.24, 2.45) is 5.92 Å². The molecule has 1 aromatic heterocycles. The molecule has 1 unspecified atom stereocenters. The highest BCUT2D eigenvalue weighted by Gasteiger charge is 2.20. The molecule has 3 rings (SSSR count). The third kappa shape index (κ3) is 7.28. The minimum Gasteiger partial charge on any atom is -0.389 e. The summed E-state index contributed by atoms with van der Waals surface area (Å²) >= 11 is 0. The number of rotatable bonds is 11. The molecule has 2 aromatic rings. The lowest BCUT2D eigenvalue weighted by Gasteiger charge is -2.31. The van der Waals surface area contributed by atoms with Gasteiger partial charge in [0.05, 0.1) is 12.7 Å². The van der Waals surface area contributed by atoms with E-state index in [4.69, 9.17) is 11.2 Å². The molecule has 1 heterocycles. The van der Waals surface area contributed by atoms with Gasteiger partial charge in [0.25, 0.3) is 0 Å². The van der Waals surface area contributed by atoms with Gasteiger partial charge in [-0.05, 0) is 48.6 Å². The number of halogens is 1. The first-order valence-electron chi connectivity index (χ1n) is 10.9. The minimum absolute atomic E-state index is 0.217. The molecule has 1 atom stereocenters. The first kappa shape index (κ1) is 22.6. The van der Waals surface area contributed by atoms with Crippen LogP contribution in [0, 0.1) is 24.1 Å². The minimum atomic E-state index is -0.567. The summed E-state index contributed by atoms with van der Waals surface area (Å²) in [5.74, 6) is 2.90. The normalized spacial score (nSPS) is 15.9. The molecule has 1 aliphatic rings. The summed E-state index contributed by atoms with van der Waals surface area (Å²) < 4.78 is 20.7. The predicted octanol–water partition coefficient (Wildman–Crippen LogP) is 4.07. The maximum atomic E-state index is 13.2. The number of aromatic nitrogens is 1. The van der Waals surface area contributed by atoms with E-state index in [0.717, 1.165) is 18.7 Å². The molecule has 0 saturated heterocycles. The molecule has 30 heavy (non-hydrogen) atoms. The fraction of sp³-hybridized carbons (Fsp3) is 0.520. The van der Waals surface area contributed by atoms with E-state index < -0.39 is 6.10 Å². The van der Waals surface area contributed by atoms with E-state index in [1.165, 1.54) is 49.9 Å². The Kier molecular flexibility index (Phi) is 8.95. The Morgan fingerprint density at radius 2 is 1.97 bits per heavy atom. The van der Waals surface area contributed by atoms with Crippen LogP contribution >= 0.6 is 0 Å². The van der Waals surface area contributed by atoms with Gasteiger partial charge in [-0.25, -0.2) is 4.39 Å². The monoisotopic (exact) mass is 412 g/mol. The molecule has 1 saturated carbocycles. The number of ether oxygens (including phenoxy) is 1. The van der Waals surface area contributed by atoms with Crippen LogP contribution in [0.5, 0.6) is 0 Å². The fourth-order valence-electron chi connectivity index (χ4n) is 4.31. The highest BCUT2D eigenvalue weighted by Crippen LogP contribution is 2.25. The first-order chi connectivity index (χ1) is 14.6. The quantitative estimate of drug-likeness (QED) is 0.447. The van der Waals surface area contributed by atoms with E-state index in [1.807, 2.05) is 18.2 Å². The van der Waals surface area contributed by atoms with Crippen LogP contribution in [0.15, 0.2) is 42.6 Å². The van der Waals surface area contributed by atoms with Crippen molar-refractivity contribution in [2.75, 3.05) is 26.3 Å². The van der Waals surface area contributed by atoms with Crippen LogP contribution in [-0.2, 0) is 17.8 Å². The van der Waals surface area contributed by atoms with Crippen molar-refractivity contribution in [3.63, 3.8) is 0 Å². The van der Waals surface area contributed by atoms with Crippen molar-refractivity contribution in [1.82, 2.24) is 9.47 Å². The fourth-order valence-corrected chi connectivity index (χ4v) is 4.31. The third-order valence-corrected chi connectivity index (χ3v) is 5.78. The average Bonchev–Trinajstić information content (AvgIpc) is 3.17. The van der Waals surface area contributed by atoms with Gasteiger partial charge in [-0.15, -0.1) is 6.42 Å². The first-order valence-corrected chi connectivity index (χ1v) is 10.9. The van der Waals surface area contributed by atoms with Gasteiger partial charge in [-0.2, -0.15) is 0 Å². The summed E-state index contributed by atoms with van der Waals surface area (Å²) in [6.45, 7) is 3.48. The van der Waals surface area contributed by atoms with Gasteiger partial charge in [-0.3, -0.25) is 4.90 Å². The van der Waals surface area contributed by atoms with E-state index in [2.05, 4.69) is 27.7 Å². The summed E-state index contributed by atoms with van der Waals surface area (Å²) in [5, 5.41) is 10.5. The number of hydrogen-bond acceptors (Lipinski definition) is 3. The van der Waals surface area contributed by atoms with E-state index in [0.29, 0.717) is 19.0 Å². The van der Waals surface area contributed by atoms with Gasteiger partial charge in [-0.1, -0.05) is 37.3 Å². The lowest BCUT2D eigenvalue weighted by atomic mass is 9.89. The molecular formula is C25H33FN2O2. The summed E-state index contributed by atoms with van der Waals surface area (Å²) in [4.78, 5) is 2.34. The molecule has 0 radical (unpaired) electrons. The lowest BCUT2D eigenvalue weighted by molar-refractivity contribution is 0.0209. The molecule has 162 valence electrons. The Morgan fingerprint density at radius 1 is 1.20 bits per heavy atom. The van der Waals surface area contributed by atoms with Crippen molar-refractivity contribution in [1.29, 1.82) is 0 Å². The zero-order valence-electron chi connectivity index (χ0n) is 17.7. The van der Waals surface area contributed by atoms with E-state index in [-0.39, 0.29) is 19.0 Å². The number of aliphatic hydroxyl groups is 1. The number of nitrogens with zero attached hydrogens (tertiary/aromatic N) is 2. The van der Waals surface area contributed by atoms with Gasteiger partial charge >= 0.3 is 0 Å². The van der Waals surface area contributed by atoms with Gasteiger partial charge < -0.3 is 14.4 Å². The van der Waals surface area contributed by atoms with Crippen molar-refractivity contribution in [3.05, 3.63) is 59.7 Å². The van der Waals surface area contributed by atoms with Crippen LogP contribution in [0.2, 0.25) is 0 Å².